The number of ether oxygens (including phenoxy) is 2. The van der Waals surface area contributed by atoms with Gasteiger partial charge in [0.1, 0.15) is 11.4 Å². The fourth-order valence-electron chi connectivity index (χ4n) is 3.40. The van der Waals surface area contributed by atoms with Gasteiger partial charge in [0, 0.05) is 12.3 Å². The van der Waals surface area contributed by atoms with Gasteiger partial charge in [0.25, 0.3) is 5.91 Å². The maximum Gasteiger partial charge on any atom is 0.256 e. The van der Waals surface area contributed by atoms with Gasteiger partial charge in [0.15, 0.2) is 0 Å². The molecule has 2 atom stereocenters. The van der Waals surface area contributed by atoms with Crippen molar-refractivity contribution in [1.82, 2.24) is 0 Å². The van der Waals surface area contributed by atoms with Crippen molar-refractivity contribution in [2.75, 3.05) is 19.0 Å². The number of anilines is 1. The largest absolute Gasteiger partial charge is 0.496 e. The van der Waals surface area contributed by atoms with E-state index < -0.39 is 5.60 Å². The first-order valence-corrected chi connectivity index (χ1v) is 8.61. The molecule has 1 N–H and O–H groups in total. The molecule has 1 aromatic rings. The molecule has 1 saturated carbocycles. The maximum absolute atomic E-state index is 12.9. The van der Waals surface area contributed by atoms with Crippen molar-refractivity contribution in [1.29, 1.82) is 0 Å². The monoisotopic (exact) mass is 319 g/mol. The SMILES string of the molecule is CCCO[C@@]1(C(=O)Nc2ccc(OC)c(C)c2)CCC[C@@H](C)C1. The van der Waals surface area contributed by atoms with Crippen molar-refractivity contribution in [3.8, 4) is 5.75 Å². The molecule has 2 rings (SSSR count). The Morgan fingerprint density at radius 1 is 1.43 bits per heavy atom. The summed E-state index contributed by atoms with van der Waals surface area (Å²) >= 11 is 0. The molecule has 0 bridgehead atoms. The van der Waals surface area contributed by atoms with Gasteiger partial charge in [-0.3, -0.25) is 4.79 Å². The molecule has 1 aliphatic carbocycles. The van der Waals surface area contributed by atoms with Crippen molar-refractivity contribution in [3.63, 3.8) is 0 Å². The quantitative estimate of drug-likeness (QED) is 0.849. The highest BCUT2D eigenvalue weighted by atomic mass is 16.5. The van der Waals surface area contributed by atoms with Crippen LogP contribution in [0.15, 0.2) is 18.2 Å². The topological polar surface area (TPSA) is 47.6 Å². The predicted molar refractivity (Wildman–Crippen MR) is 93.0 cm³/mol. The van der Waals surface area contributed by atoms with Gasteiger partial charge in [-0.25, -0.2) is 0 Å². The minimum atomic E-state index is -0.679. The molecule has 0 aliphatic heterocycles. The predicted octanol–water partition coefficient (Wildman–Crippen LogP) is 4.32. The fourth-order valence-corrected chi connectivity index (χ4v) is 3.40. The molecule has 1 amide bonds. The summed E-state index contributed by atoms with van der Waals surface area (Å²) in [6.45, 7) is 6.88. The van der Waals surface area contributed by atoms with Gasteiger partial charge in [-0.15, -0.1) is 0 Å². The number of rotatable bonds is 6. The van der Waals surface area contributed by atoms with E-state index in [1.165, 1.54) is 6.42 Å². The molecule has 4 nitrogen and oxygen atoms in total. The first kappa shape index (κ1) is 17.8. The second-order valence-corrected chi connectivity index (χ2v) is 6.68. The molecule has 0 saturated heterocycles. The van der Waals surface area contributed by atoms with Crippen LogP contribution in [-0.2, 0) is 9.53 Å². The third-order valence-electron chi connectivity index (χ3n) is 4.60. The number of amides is 1. The van der Waals surface area contributed by atoms with Crippen molar-refractivity contribution < 1.29 is 14.3 Å². The lowest BCUT2D eigenvalue weighted by Gasteiger charge is -2.38. The van der Waals surface area contributed by atoms with E-state index in [9.17, 15) is 4.79 Å². The second kappa shape index (κ2) is 7.82. The van der Waals surface area contributed by atoms with E-state index in [1.54, 1.807) is 7.11 Å². The van der Waals surface area contributed by atoms with Crippen LogP contribution in [-0.4, -0.2) is 25.2 Å². The third-order valence-corrected chi connectivity index (χ3v) is 4.60. The summed E-state index contributed by atoms with van der Waals surface area (Å²) in [7, 11) is 1.65. The van der Waals surface area contributed by atoms with Gasteiger partial charge in [-0.2, -0.15) is 0 Å². The van der Waals surface area contributed by atoms with Gasteiger partial charge in [0.05, 0.1) is 7.11 Å². The molecule has 1 aliphatic rings. The van der Waals surface area contributed by atoms with E-state index >= 15 is 0 Å². The minimum Gasteiger partial charge on any atom is -0.496 e. The molecule has 4 heteroatoms. The Bertz CT molecular complexity index is 543. The van der Waals surface area contributed by atoms with Crippen LogP contribution in [0.3, 0.4) is 0 Å². The van der Waals surface area contributed by atoms with E-state index in [2.05, 4.69) is 19.2 Å². The molecule has 1 aromatic carbocycles. The average molecular weight is 319 g/mol. The van der Waals surface area contributed by atoms with Crippen LogP contribution in [0.5, 0.6) is 5.75 Å². The zero-order valence-electron chi connectivity index (χ0n) is 14.8. The third kappa shape index (κ3) is 4.25. The molecule has 0 radical (unpaired) electrons. The first-order chi connectivity index (χ1) is 11.0. The molecule has 128 valence electrons. The Hall–Kier alpha value is -1.55. The number of hydrogen-bond donors (Lipinski definition) is 1. The van der Waals surface area contributed by atoms with Crippen molar-refractivity contribution >= 4 is 11.6 Å². The zero-order chi connectivity index (χ0) is 16.9. The summed E-state index contributed by atoms with van der Waals surface area (Å²) in [6.07, 6.45) is 4.74. The molecule has 0 spiro atoms. The fraction of sp³-hybridized carbons (Fsp3) is 0.632. The highest BCUT2D eigenvalue weighted by Gasteiger charge is 2.42. The number of carbonyl (C=O) groups is 1. The second-order valence-electron chi connectivity index (χ2n) is 6.68. The Morgan fingerprint density at radius 3 is 2.83 bits per heavy atom. The summed E-state index contributed by atoms with van der Waals surface area (Å²) in [5.41, 5.74) is 1.12. The normalized spacial score (nSPS) is 24.3. The molecule has 0 unspecified atom stereocenters. The maximum atomic E-state index is 12.9. The van der Waals surface area contributed by atoms with Crippen LogP contribution in [0, 0.1) is 12.8 Å². The summed E-state index contributed by atoms with van der Waals surface area (Å²) in [4.78, 5) is 12.9. The molecule has 0 heterocycles. The van der Waals surface area contributed by atoms with Crippen molar-refractivity contribution in [3.05, 3.63) is 23.8 Å². The highest BCUT2D eigenvalue weighted by molar-refractivity contribution is 5.97. The lowest BCUT2D eigenvalue weighted by molar-refractivity contribution is -0.148. The summed E-state index contributed by atoms with van der Waals surface area (Å²) in [5.74, 6) is 1.33. The lowest BCUT2D eigenvalue weighted by atomic mass is 9.78. The number of hydrogen-bond acceptors (Lipinski definition) is 3. The molecule has 23 heavy (non-hydrogen) atoms. The molecular formula is C19H29NO3. The standard InChI is InChI=1S/C19H29NO3/c1-5-11-23-19(10-6-7-14(2)13-19)18(21)20-16-8-9-17(22-4)15(3)12-16/h8-9,12,14H,5-7,10-11,13H2,1-4H3,(H,20,21)/t14-,19+/m1/s1. The molecule has 1 fully saturated rings. The Morgan fingerprint density at radius 2 is 2.22 bits per heavy atom. The number of carbonyl (C=O) groups excluding carboxylic acids is 1. The number of benzene rings is 1. The van der Waals surface area contributed by atoms with E-state index in [0.717, 1.165) is 42.7 Å². The smallest absolute Gasteiger partial charge is 0.256 e. The van der Waals surface area contributed by atoms with Gasteiger partial charge in [-0.05, 0) is 62.3 Å². The van der Waals surface area contributed by atoms with Crippen LogP contribution in [0.25, 0.3) is 0 Å². The van der Waals surface area contributed by atoms with Gasteiger partial charge < -0.3 is 14.8 Å². The van der Waals surface area contributed by atoms with Gasteiger partial charge in [0.2, 0.25) is 0 Å². The minimum absolute atomic E-state index is 0.0120. The Kier molecular flexibility index (Phi) is 6.05. The van der Waals surface area contributed by atoms with Gasteiger partial charge in [-0.1, -0.05) is 20.3 Å². The van der Waals surface area contributed by atoms with E-state index in [1.807, 2.05) is 25.1 Å². The van der Waals surface area contributed by atoms with Crippen molar-refractivity contribution in [2.24, 2.45) is 5.92 Å². The Labute approximate surface area is 139 Å². The number of methoxy groups -OCH3 is 1. The summed E-state index contributed by atoms with van der Waals surface area (Å²) < 4.78 is 11.3. The van der Waals surface area contributed by atoms with Crippen molar-refractivity contribution in [2.45, 2.75) is 58.5 Å². The number of nitrogens with one attached hydrogen (secondary N) is 1. The average Bonchev–Trinajstić information content (AvgIpc) is 2.53. The summed E-state index contributed by atoms with van der Waals surface area (Å²) in [6, 6.07) is 5.70. The van der Waals surface area contributed by atoms with Gasteiger partial charge >= 0.3 is 0 Å². The van der Waals surface area contributed by atoms with Crippen LogP contribution < -0.4 is 10.1 Å². The Balaban J connectivity index is 2.15. The zero-order valence-corrected chi connectivity index (χ0v) is 14.8. The number of aryl methyl sites for hydroxylation is 1. The van der Waals surface area contributed by atoms with Crippen LogP contribution in [0.2, 0.25) is 0 Å². The molecule has 0 aromatic heterocycles. The first-order valence-electron chi connectivity index (χ1n) is 8.61. The summed E-state index contributed by atoms with van der Waals surface area (Å²) in [5, 5.41) is 3.05. The van der Waals surface area contributed by atoms with E-state index in [0.29, 0.717) is 12.5 Å². The van der Waals surface area contributed by atoms with Crippen LogP contribution in [0.4, 0.5) is 5.69 Å². The van der Waals surface area contributed by atoms with E-state index in [-0.39, 0.29) is 5.91 Å². The highest BCUT2D eigenvalue weighted by Crippen LogP contribution is 2.36. The van der Waals surface area contributed by atoms with Crippen LogP contribution in [0.1, 0.15) is 51.5 Å². The molecular weight excluding hydrogens is 290 g/mol. The lowest BCUT2D eigenvalue weighted by Crippen LogP contribution is -2.48. The van der Waals surface area contributed by atoms with Crippen LogP contribution >= 0.6 is 0 Å². The van der Waals surface area contributed by atoms with E-state index in [4.69, 9.17) is 9.47 Å².